The molecule has 0 aliphatic carbocycles. The van der Waals surface area contributed by atoms with E-state index in [0.29, 0.717) is 29.3 Å². The summed E-state index contributed by atoms with van der Waals surface area (Å²) in [7, 11) is 0. The second-order valence-corrected chi connectivity index (χ2v) is 4.28. The van der Waals surface area contributed by atoms with Crippen LogP contribution >= 0.6 is 11.5 Å². The number of amides is 1. The zero-order valence-electron chi connectivity index (χ0n) is 10.3. The summed E-state index contributed by atoms with van der Waals surface area (Å²) in [5, 5.41) is 12.6. The maximum Gasteiger partial charge on any atom is 0.241 e. The van der Waals surface area contributed by atoms with Crippen molar-refractivity contribution >= 4 is 22.4 Å². The third-order valence-corrected chi connectivity index (χ3v) is 3.39. The predicted octanol–water partition coefficient (Wildman–Crippen LogP) is 1.60. The van der Waals surface area contributed by atoms with Crippen molar-refractivity contribution in [3.63, 3.8) is 0 Å². The Morgan fingerprint density at radius 1 is 1.53 bits per heavy atom. The van der Waals surface area contributed by atoms with Gasteiger partial charge in [-0.25, -0.2) is 0 Å². The topological polar surface area (TPSA) is 69.0 Å². The molecule has 0 unspecified atom stereocenters. The van der Waals surface area contributed by atoms with Gasteiger partial charge in [0.05, 0.1) is 12.2 Å². The van der Waals surface area contributed by atoms with E-state index in [4.69, 9.17) is 5.26 Å². The first-order valence-electron chi connectivity index (χ1n) is 5.52. The highest BCUT2D eigenvalue weighted by Gasteiger charge is 2.13. The van der Waals surface area contributed by atoms with E-state index in [-0.39, 0.29) is 12.5 Å². The van der Waals surface area contributed by atoms with Gasteiger partial charge in [0.1, 0.15) is 16.6 Å². The standard InChI is InChI=1S/C11H16N4OS/c1-4-15(5-2)10(16)7-13-11-9(6-12)8(3)14-17-11/h13H,4-5,7H2,1-3H3. The molecule has 0 saturated carbocycles. The smallest absolute Gasteiger partial charge is 0.241 e. The van der Waals surface area contributed by atoms with Crippen LogP contribution in [0.3, 0.4) is 0 Å². The van der Waals surface area contributed by atoms with E-state index in [1.807, 2.05) is 13.8 Å². The molecule has 92 valence electrons. The van der Waals surface area contributed by atoms with E-state index in [1.165, 1.54) is 11.5 Å². The summed E-state index contributed by atoms with van der Waals surface area (Å²) < 4.78 is 4.08. The first-order chi connectivity index (χ1) is 8.13. The van der Waals surface area contributed by atoms with Gasteiger partial charge in [0.2, 0.25) is 5.91 Å². The lowest BCUT2D eigenvalue weighted by Crippen LogP contribution is -2.35. The van der Waals surface area contributed by atoms with E-state index in [2.05, 4.69) is 15.8 Å². The SMILES string of the molecule is CCN(CC)C(=O)CNc1snc(C)c1C#N. The molecule has 1 N–H and O–H groups in total. The molecule has 0 spiro atoms. The Bertz CT molecular complexity index is 431. The van der Waals surface area contributed by atoms with Crippen LogP contribution in [-0.4, -0.2) is 34.8 Å². The van der Waals surface area contributed by atoms with Crippen LogP contribution in [0.25, 0.3) is 0 Å². The van der Waals surface area contributed by atoms with Gasteiger partial charge in [-0.2, -0.15) is 9.64 Å². The van der Waals surface area contributed by atoms with Crippen molar-refractivity contribution in [3.05, 3.63) is 11.3 Å². The van der Waals surface area contributed by atoms with Gasteiger partial charge in [-0.05, 0) is 32.3 Å². The first kappa shape index (κ1) is 13.5. The minimum atomic E-state index is 0.0324. The number of hydrogen-bond acceptors (Lipinski definition) is 5. The zero-order valence-corrected chi connectivity index (χ0v) is 11.1. The lowest BCUT2D eigenvalue weighted by molar-refractivity contribution is -0.128. The number of carbonyl (C=O) groups excluding carboxylic acids is 1. The Labute approximate surface area is 105 Å². The summed E-state index contributed by atoms with van der Waals surface area (Å²) in [4.78, 5) is 13.5. The van der Waals surface area contributed by atoms with Crippen LogP contribution in [0.4, 0.5) is 5.00 Å². The van der Waals surface area contributed by atoms with Gasteiger partial charge in [-0.1, -0.05) is 0 Å². The van der Waals surface area contributed by atoms with Crippen LogP contribution in [0.15, 0.2) is 0 Å². The normalized spacial score (nSPS) is 9.76. The van der Waals surface area contributed by atoms with Crippen LogP contribution in [0.5, 0.6) is 0 Å². The largest absolute Gasteiger partial charge is 0.366 e. The number of likely N-dealkylation sites (N-methyl/N-ethyl adjacent to an activating group) is 1. The highest BCUT2D eigenvalue weighted by atomic mass is 32.1. The number of anilines is 1. The van der Waals surface area contributed by atoms with Crippen LogP contribution < -0.4 is 5.32 Å². The molecule has 1 rings (SSSR count). The molecular weight excluding hydrogens is 236 g/mol. The van der Waals surface area contributed by atoms with Crippen LogP contribution in [0, 0.1) is 18.3 Å². The highest BCUT2D eigenvalue weighted by Crippen LogP contribution is 2.22. The first-order valence-corrected chi connectivity index (χ1v) is 6.29. The molecule has 0 saturated heterocycles. The van der Waals surface area contributed by atoms with Crippen molar-refractivity contribution in [1.29, 1.82) is 5.26 Å². The highest BCUT2D eigenvalue weighted by molar-refractivity contribution is 7.10. The van der Waals surface area contributed by atoms with E-state index in [1.54, 1.807) is 11.8 Å². The zero-order chi connectivity index (χ0) is 12.8. The minimum Gasteiger partial charge on any atom is -0.366 e. The summed E-state index contributed by atoms with van der Waals surface area (Å²) in [5.41, 5.74) is 1.23. The van der Waals surface area contributed by atoms with Gasteiger partial charge in [0.15, 0.2) is 0 Å². The maximum absolute atomic E-state index is 11.7. The number of aromatic nitrogens is 1. The number of nitriles is 1. The molecule has 1 heterocycles. The predicted molar refractivity (Wildman–Crippen MR) is 68.0 cm³/mol. The van der Waals surface area contributed by atoms with Crippen molar-refractivity contribution in [2.75, 3.05) is 25.0 Å². The van der Waals surface area contributed by atoms with Gasteiger partial charge in [-0.3, -0.25) is 4.79 Å². The van der Waals surface area contributed by atoms with E-state index >= 15 is 0 Å². The quantitative estimate of drug-likeness (QED) is 0.864. The van der Waals surface area contributed by atoms with Crippen molar-refractivity contribution in [2.24, 2.45) is 0 Å². The minimum absolute atomic E-state index is 0.0324. The van der Waals surface area contributed by atoms with Crippen molar-refractivity contribution < 1.29 is 4.79 Å². The molecule has 0 fully saturated rings. The van der Waals surface area contributed by atoms with Crippen LogP contribution in [-0.2, 0) is 4.79 Å². The Kier molecular flexibility index (Phi) is 4.91. The van der Waals surface area contributed by atoms with Gasteiger partial charge in [-0.15, -0.1) is 0 Å². The fourth-order valence-electron chi connectivity index (χ4n) is 1.47. The Hall–Kier alpha value is -1.61. The average molecular weight is 252 g/mol. The Morgan fingerprint density at radius 2 is 2.18 bits per heavy atom. The van der Waals surface area contributed by atoms with Crippen molar-refractivity contribution in [3.8, 4) is 6.07 Å². The van der Waals surface area contributed by atoms with Gasteiger partial charge in [0.25, 0.3) is 0 Å². The molecule has 0 aliphatic rings. The number of hydrogen-bond donors (Lipinski definition) is 1. The molecule has 0 atom stereocenters. The second-order valence-electron chi connectivity index (χ2n) is 3.50. The van der Waals surface area contributed by atoms with Crippen molar-refractivity contribution in [2.45, 2.75) is 20.8 Å². The van der Waals surface area contributed by atoms with Gasteiger partial charge < -0.3 is 10.2 Å². The van der Waals surface area contributed by atoms with Crippen LogP contribution in [0.1, 0.15) is 25.1 Å². The number of carbonyl (C=O) groups is 1. The molecule has 17 heavy (non-hydrogen) atoms. The molecule has 0 aromatic carbocycles. The summed E-state index contributed by atoms with van der Waals surface area (Å²) in [6.45, 7) is 7.27. The molecule has 1 amide bonds. The number of aryl methyl sites for hydroxylation is 1. The number of nitrogens with one attached hydrogen (secondary N) is 1. The third-order valence-electron chi connectivity index (χ3n) is 2.49. The number of rotatable bonds is 5. The van der Waals surface area contributed by atoms with E-state index < -0.39 is 0 Å². The van der Waals surface area contributed by atoms with Crippen molar-refractivity contribution in [1.82, 2.24) is 9.27 Å². The van der Waals surface area contributed by atoms with E-state index in [9.17, 15) is 4.79 Å². The molecule has 0 aliphatic heterocycles. The summed E-state index contributed by atoms with van der Waals surface area (Å²) >= 11 is 1.22. The number of nitrogens with zero attached hydrogens (tertiary/aromatic N) is 3. The fraction of sp³-hybridized carbons (Fsp3) is 0.545. The average Bonchev–Trinajstić information content (AvgIpc) is 2.68. The second kappa shape index (κ2) is 6.21. The molecule has 1 aromatic rings. The molecule has 1 aromatic heterocycles. The molecule has 0 radical (unpaired) electrons. The lowest BCUT2D eigenvalue weighted by atomic mass is 10.3. The lowest BCUT2D eigenvalue weighted by Gasteiger charge is -2.18. The molecule has 6 heteroatoms. The molecule has 0 bridgehead atoms. The van der Waals surface area contributed by atoms with Crippen LogP contribution in [0.2, 0.25) is 0 Å². The van der Waals surface area contributed by atoms with Gasteiger partial charge >= 0.3 is 0 Å². The summed E-state index contributed by atoms with van der Waals surface area (Å²) in [6.07, 6.45) is 0. The fourth-order valence-corrected chi connectivity index (χ4v) is 2.21. The van der Waals surface area contributed by atoms with Gasteiger partial charge in [0, 0.05) is 13.1 Å². The summed E-state index contributed by atoms with van der Waals surface area (Å²) in [6, 6.07) is 2.09. The molecule has 5 nitrogen and oxygen atoms in total. The molecular formula is C11H16N4OS. The summed E-state index contributed by atoms with van der Waals surface area (Å²) in [5.74, 6) is 0.0324. The maximum atomic E-state index is 11.7. The third kappa shape index (κ3) is 3.17. The van der Waals surface area contributed by atoms with E-state index in [0.717, 1.165) is 0 Å². The Morgan fingerprint density at radius 3 is 2.71 bits per heavy atom. The Balaban J connectivity index is 2.62. The monoisotopic (exact) mass is 252 g/mol.